The van der Waals surface area contributed by atoms with Gasteiger partial charge in [0, 0.05) is 6.42 Å². The van der Waals surface area contributed by atoms with Gasteiger partial charge in [-0.2, -0.15) is 0 Å². The number of benzene rings is 2. The van der Waals surface area contributed by atoms with Crippen molar-refractivity contribution in [1.29, 1.82) is 0 Å². The molecule has 0 aliphatic carbocycles. The predicted molar refractivity (Wildman–Crippen MR) is 72.6 cm³/mol. The second kappa shape index (κ2) is 4.89. The van der Waals surface area contributed by atoms with E-state index in [2.05, 4.69) is 32.0 Å². The Morgan fingerprint density at radius 3 is 2.53 bits per heavy atom. The van der Waals surface area contributed by atoms with E-state index in [4.69, 9.17) is 11.6 Å². The van der Waals surface area contributed by atoms with Crippen LogP contribution in [0.2, 0.25) is 0 Å². The number of rotatable bonds is 3. The zero-order valence-corrected chi connectivity index (χ0v) is 10.8. The summed E-state index contributed by atoms with van der Waals surface area (Å²) >= 11 is 5.50. The highest BCUT2D eigenvalue weighted by atomic mass is 35.5. The molecule has 0 saturated heterocycles. The predicted octanol–water partition coefficient (Wildman–Crippen LogP) is 4.27. The normalized spacial score (nSPS) is 11.1. The van der Waals surface area contributed by atoms with E-state index in [1.54, 1.807) is 0 Å². The fourth-order valence-corrected chi connectivity index (χ4v) is 2.47. The van der Waals surface area contributed by atoms with E-state index in [1.165, 1.54) is 16.3 Å². The molecule has 1 nitrogen and oxygen atoms in total. The highest BCUT2D eigenvalue weighted by Crippen LogP contribution is 2.29. The van der Waals surface area contributed by atoms with E-state index in [0.717, 1.165) is 5.56 Å². The van der Waals surface area contributed by atoms with Crippen molar-refractivity contribution in [2.24, 2.45) is 0 Å². The van der Waals surface area contributed by atoms with Crippen LogP contribution in [0.25, 0.3) is 10.8 Å². The first-order valence-electron chi connectivity index (χ1n) is 5.78. The van der Waals surface area contributed by atoms with Crippen molar-refractivity contribution >= 4 is 27.6 Å². The lowest BCUT2D eigenvalue weighted by molar-refractivity contribution is -0.111. The Balaban J connectivity index is 2.68. The summed E-state index contributed by atoms with van der Waals surface area (Å²) in [6, 6.07) is 12.3. The molecule has 88 valence electrons. The minimum Gasteiger partial charge on any atom is -0.281 e. The molecular formula is C15H15ClO. The number of carbonyl (C=O) groups is 1. The van der Waals surface area contributed by atoms with E-state index in [0.29, 0.717) is 12.3 Å². The number of hydrogen-bond acceptors (Lipinski definition) is 1. The zero-order chi connectivity index (χ0) is 12.4. The lowest BCUT2D eigenvalue weighted by Gasteiger charge is -2.15. The largest absolute Gasteiger partial charge is 0.281 e. The summed E-state index contributed by atoms with van der Waals surface area (Å²) in [6.45, 7) is 4.29. The molecule has 0 saturated carbocycles. The molecule has 0 spiro atoms. The minimum atomic E-state index is -0.304. The second-order valence-corrected chi connectivity index (χ2v) is 4.97. The van der Waals surface area contributed by atoms with Gasteiger partial charge in [0.2, 0.25) is 5.24 Å². The molecule has 0 bridgehead atoms. The number of halogens is 1. The van der Waals surface area contributed by atoms with Crippen LogP contribution in [0.5, 0.6) is 0 Å². The summed E-state index contributed by atoms with van der Waals surface area (Å²) < 4.78 is 0. The van der Waals surface area contributed by atoms with E-state index in [9.17, 15) is 4.79 Å². The summed E-state index contributed by atoms with van der Waals surface area (Å²) in [5.74, 6) is 0.382. The molecule has 17 heavy (non-hydrogen) atoms. The molecule has 0 N–H and O–H groups in total. The summed E-state index contributed by atoms with van der Waals surface area (Å²) in [6.07, 6.45) is 0.305. The van der Waals surface area contributed by atoms with Crippen molar-refractivity contribution in [3.63, 3.8) is 0 Å². The van der Waals surface area contributed by atoms with Gasteiger partial charge in [0.1, 0.15) is 0 Å². The van der Waals surface area contributed by atoms with Crippen LogP contribution in [0, 0.1) is 0 Å². The van der Waals surface area contributed by atoms with Gasteiger partial charge < -0.3 is 0 Å². The van der Waals surface area contributed by atoms with Gasteiger partial charge in [-0.05, 0) is 39.4 Å². The molecule has 2 heteroatoms. The molecule has 0 aliphatic heterocycles. The van der Waals surface area contributed by atoms with E-state index in [1.807, 2.05) is 18.2 Å². The fraction of sp³-hybridized carbons (Fsp3) is 0.267. The Morgan fingerprint density at radius 1 is 1.18 bits per heavy atom. The highest BCUT2D eigenvalue weighted by Gasteiger charge is 2.12. The van der Waals surface area contributed by atoms with Crippen LogP contribution in [-0.4, -0.2) is 5.24 Å². The van der Waals surface area contributed by atoms with Crippen LogP contribution in [0.4, 0.5) is 0 Å². The van der Waals surface area contributed by atoms with Crippen molar-refractivity contribution < 1.29 is 4.79 Å². The lowest BCUT2D eigenvalue weighted by atomic mass is 9.90. The van der Waals surface area contributed by atoms with Gasteiger partial charge in [0.15, 0.2) is 0 Å². The first-order chi connectivity index (χ1) is 8.09. The number of carbonyl (C=O) groups excluding carboxylic acids is 1. The summed E-state index contributed by atoms with van der Waals surface area (Å²) in [7, 11) is 0. The van der Waals surface area contributed by atoms with Crippen LogP contribution in [0.3, 0.4) is 0 Å². The Hall–Kier alpha value is -1.34. The first kappa shape index (κ1) is 12.1. The highest BCUT2D eigenvalue weighted by molar-refractivity contribution is 6.63. The first-order valence-corrected chi connectivity index (χ1v) is 6.16. The third-order valence-corrected chi connectivity index (χ3v) is 3.10. The molecule has 0 radical (unpaired) electrons. The molecule has 2 aromatic rings. The quantitative estimate of drug-likeness (QED) is 0.739. The SMILES string of the molecule is CC(C)c1c(CC(=O)Cl)ccc2ccccc12. The summed E-state index contributed by atoms with van der Waals surface area (Å²) in [5, 5.41) is 2.13. The molecular weight excluding hydrogens is 232 g/mol. The lowest BCUT2D eigenvalue weighted by Crippen LogP contribution is -2.01. The fourth-order valence-electron chi connectivity index (χ4n) is 2.33. The maximum Gasteiger partial charge on any atom is 0.226 e. The topological polar surface area (TPSA) is 17.1 Å². The van der Waals surface area contributed by atoms with Crippen molar-refractivity contribution in [3.05, 3.63) is 47.5 Å². The van der Waals surface area contributed by atoms with Crippen molar-refractivity contribution in [1.82, 2.24) is 0 Å². The molecule has 0 heterocycles. The molecule has 0 aromatic heterocycles. The number of fused-ring (bicyclic) bond motifs is 1. The molecule has 0 amide bonds. The minimum absolute atomic E-state index is 0.304. The number of hydrogen-bond donors (Lipinski definition) is 0. The van der Waals surface area contributed by atoms with Crippen LogP contribution in [0.15, 0.2) is 36.4 Å². The van der Waals surface area contributed by atoms with Gasteiger partial charge in [0.05, 0.1) is 0 Å². The maximum atomic E-state index is 11.1. The van der Waals surface area contributed by atoms with Gasteiger partial charge >= 0.3 is 0 Å². The van der Waals surface area contributed by atoms with Gasteiger partial charge in [-0.1, -0.05) is 50.2 Å². The third-order valence-electron chi connectivity index (χ3n) is 2.97. The molecule has 0 atom stereocenters. The molecule has 0 fully saturated rings. The standard InChI is InChI=1S/C15H15ClO/c1-10(2)15-12(9-14(16)17)8-7-11-5-3-4-6-13(11)15/h3-8,10H,9H2,1-2H3. The average molecular weight is 247 g/mol. The van der Waals surface area contributed by atoms with E-state index in [-0.39, 0.29) is 5.24 Å². The van der Waals surface area contributed by atoms with E-state index >= 15 is 0 Å². The van der Waals surface area contributed by atoms with Crippen molar-refractivity contribution in [2.45, 2.75) is 26.2 Å². The zero-order valence-electron chi connectivity index (χ0n) is 10.0. The van der Waals surface area contributed by atoms with Gasteiger partial charge in [-0.25, -0.2) is 0 Å². The van der Waals surface area contributed by atoms with Gasteiger partial charge in [-0.15, -0.1) is 0 Å². The Morgan fingerprint density at radius 2 is 1.88 bits per heavy atom. The van der Waals surface area contributed by atoms with E-state index < -0.39 is 0 Å². The van der Waals surface area contributed by atoms with Gasteiger partial charge in [0.25, 0.3) is 0 Å². The molecule has 2 rings (SSSR count). The Kier molecular flexibility index (Phi) is 3.49. The van der Waals surface area contributed by atoms with Crippen molar-refractivity contribution in [3.8, 4) is 0 Å². The van der Waals surface area contributed by atoms with Crippen LogP contribution in [-0.2, 0) is 11.2 Å². The summed E-state index contributed by atoms with van der Waals surface area (Å²) in [4.78, 5) is 11.1. The van der Waals surface area contributed by atoms with Crippen LogP contribution < -0.4 is 0 Å². The maximum absolute atomic E-state index is 11.1. The second-order valence-electron chi connectivity index (χ2n) is 4.55. The molecule has 0 aliphatic rings. The Bertz CT molecular complexity index is 558. The average Bonchev–Trinajstić information content (AvgIpc) is 2.27. The molecule has 0 unspecified atom stereocenters. The van der Waals surface area contributed by atoms with Crippen LogP contribution >= 0.6 is 11.6 Å². The Labute approximate surface area is 106 Å². The summed E-state index contributed by atoms with van der Waals surface area (Å²) in [5.41, 5.74) is 2.27. The molecule has 2 aromatic carbocycles. The third kappa shape index (κ3) is 2.50. The van der Waals surface area contributed by atoms with Gasteiger partial charge in [-0.3, -0.25) is 4.79 Å². The van der Waals surface area contributed by atoms with Crippen molar-refractivity contribution in [2.75, 3.05) is 0 Å². The van der Waals surface area contributed by atoms with Crippen LogP contribution in [0.1, 0.15) is 30.9 Å². The monoisotopic (exact) mass is 246 g/mol. The smallest absolute Gasteiger partial charge is 0.226 e.